The number of amides is 2. The normalized spacial score (nSPS) is 10.4. The summed E-state index contributed by atoms with van der Waals surface area (Å²) in [6, 6.07) is 29.0. The predicted molar refractivity (Wildman–Crippen MR) is 127 cm³/mol. The van der Waals surface area contributed by atoms with Crippen molar-refractivity contribution in [3.8, 4) is 5.75 Å². The topological polar surface area (TPSA) is 84.5 Å². The van der Waals surface area contributed by atoms with Crippen molar-refractivity contribution in [2.75, 3.05) is 11.9 Å². The minimum Gasteiger partial charge on any atom is -0.425 e. The zero-order valence-corrected chi connectivity index (χ0v) is 17.8. The van der Waals surface area contributed by atoms with Gasteiger partial charge in [-0.15, -0.1) is 0 Å². The number of esters is 1. The van der Waals surface area contributed by atoms with Gasteiger partial charge in [0.25, 0.3) is 5.91 Å². The number of hydrogen-bond donors (Lipinski definition) is 2. The predicted octanol–water partition coefficient (Wildman–Crippen LogP) is 4.36. The zero-order valence-electron chi connectivity index (χ0n) is 17.8. The highest BCUT2D eigenvalue weighted by molar-refractivity contribution is 6.04. The summed E-state index contributed by atoms with van der Waals surface area (Å²) in [6.45, 7) is -0.240. The van der Waals surface area contributed by atoms with E-state index in [4.69, 9.17) is 4.74 Å². The van der Waals surface area contributed by atoms with Crippen LogP contribution in [-0.2, 0) is 16.0 Å². The monoisotopic (exact) mass is 438 g/mol. The highest BCUT2D eigenvalue weighted by Gasteiger charge is 2.11. The summed E-state index contributed by atoms with van der Waals surface area (Å²) in [5.74, 6) is -0.750. The maximum Gasteiger partial charge on any atom is 0.330 e. The number of fused-ring (bicyclic) bond motifs is 1. The molecule has 4 aromatic carbocycles. The Kier molecular flexibility index (Phi) is 6.75. The molecule has 164 valence electrons. The lowest BCUT2D eigenvalue weighted by atomic mass is 10.0. The highest BCUT2D eigenvalue weighted by atomic mass is 16.5. The Morgan fingerprint density at radius 3 is 2.21 bits per heavy atom. The third-order valence-corrected chi connectivity index (χ3v) is 5.04. The van der Waals surface area contributed by atoms with Crippen molar-refractivity contribution < 1.29 is 19.1 Å². The van der Waals surface area contributed by atoms with Crippen molar-refractivity contribution in [2.24, 2.45) is 0 Å². The second kappa shape index (κ2) is 10.2. The van der Waals surface area contributed by atoms with Crippen molar-refractivity contribution >= 4 is 34.2 Å². The van der Waals surface area contributed by atoms with Crippen LogP contribution in [0.15, 0.2) is 97.1 Å². The molecule has 33 heavy (non-hydrogen) atoms. The largest absolute Gasteiger partial charge is 0.425 e. The Morgan fingerprint density at radius 2 is 1.42 bits per heavy atom. The van der Waals surface area contributed by atoms with Crippen LogP contribution in [0.25, 0.3) is 10.8 Å². The standard InChI is InChI=1S/C27H22N2O4/c30-25(17-21-11-6-10-19-7-4-5-12-24(19)21)28-18-26(31)33-23-15-13-22(14-16-23)29-27(32)20-8-2-1-3-9-20/h1-16H,17-18H2,(H,28,30)(H,29,32). The second-order valence-corrected chi connectivity index (χ2v) is 7.41. The number of carbonyl (C=O) groups excluding carboxylic acids is 3. The molecular weight excluding hydrogens is 416 g/mol. The van der Waals surface area contributed by atoms with Crippen LogP contribution >= 0.6 is 0 Å². The van der Waals surface area contributed by atoms with E-state index >= 15 is 0 Å². The van der Waals surface area contributed by atoms with Crippen LogP contribution in [-0.4, -0.2) is 24.3 Å². The van der Waals surface area contributed by atoms with Crippen molar-refractivity contribution in [3.05, 3.63) is 108 Å². The van der Waals surface area contributed by atoms with E-state index in [1.54, 1.807) is 48.5 Å². The van der Waals surface area contributed by atoms with Gasteiger partial charge >= 0.3 is 5.97 Å². The Hall–Kier alpha value is -4.45. The average Bonchev–Trinajstić information content (AvgIpc) is 2.85. The molecular formula is C27H22N2O4. The molecule has 0 spiro atoms. The van der Waals surface area contributed by atoms with E-state index in [1.807, 2.05) is 48.5 Å². The van der Waals surface area contributed by atoms with Crippen molar-refractivity contribution in [1.82, 2.24) is 5.32 Å². The molecule has 0 aliphatic carbocycles. The maximum atomic E-state index is 12.3. The number of rotatable bonds is 7. The van der Waals surface area contributed by atoms with Gasteiger partial charge in [-0.3, -0.25) is 9.59 Å². The summed E-state index contributed by atoms with van der Waals surface area (Å²) >= 11 is 0. The first-order chi connectivity index (χ1) is 16.1. The SMILES string of the molecule is O=C(Cc1cccc2ccccc12)NCC(=O)Oc1ccc(NC(=O)c2ccccc2)cc1. The molecule has 4 aromatic rings. The van der Waals surface area contributed by atoms with E-state index in [1.165, 1.54) is 0 Å². The summed E-state index contributed by atoms with van der Waals surface area (Å²) in [5, 5.41) is 7.45. The molecule has 0 aromatic heterocycles. The first kappa shape index (κ1) is 21.8. The maximum absolute atomic E-state index is 12.3. The molecule has 0 heterocycles. The van der Waals surface area contributed by atoms with Gasteiger partial charge in [0.1, 0.15) is 12.3 Å². The van der Waals surface area contributed by atoms with Crippen LogP contribution in [0.1, 0.15) is 15.9 Å². The zero-order chi connectivity index (χ0) is 23.0. The van der Waals surface area contributed by atoms with Gasteiger partial charge in [-0.05, 0) is 52.7 Å². The fourth-order valence-electron chi connectivity index (χ4n) is 3.42. The molecule has 0 aliphatic rings. The van der Waals surface area contributed by atoms with E-state index in [2.05, 4.69) is 10.6 Å². The smallest absolute Gasteiger partial charge is 0.330 e. The fourth-order valence-corrected chi connectivity index (χ4v) is 3.42. The molecule has 0 aliphatic heterocycles. The van der Waals surface area contributed by atoms with Crippen LogP contribution in [0.3, 0.4) is 0 Å². The Morgan fingerprint density at radius 1 is 0.727 bits per heavy atom. The number of ether oxygens (including phenoxy) is 1. The van der Waals surface area contributed by atoms with E-state index < -0.39 is 5.97 Å². The average molecular weight is 438 g/mol. The summed E-state index contributed by atoms with van der Waals surface area (Å²) in [5.41, 5.74) is 2.02. The summed E-state index contributed by atoms with van der Waals surface area (Å²) in [4.78, 5) is 36.6. The van der Waals surface area contributed by atoms with Crippen LogP contribution in [0.4, 0.5) is 5.69 Å². The van der Waals surface area contributed by atoms with Crippen LogP contribution in [0, 0.1) is 0 Å². The molecule has 0 unspecified atom stereocenters. The van der Waals surface area contributed by atoms with E-state index in [9.17, 15) is 14.4 Å². The van der Waals surface area contributed by atoms with Crippen LogP contribution in [0.5, 0.6) is 5.75 Å². The van der Waals surface area contributed by atoms with Gasteiger partial charge < -0.3 is 15.4 Å². The van der Waals surface area contributed by atoms with Gasteiger partial charge in [-0.1, -0.05) is 60.7 Å². The van der Waals surface area contributed by atoms with Crippen LogP contribution < -0.4 is 15.4 Å². The highest BCUT2D eigenvalue weighted by Crippen LogP contribution is 2.19. The molecule has 0 bridgehead atoms. The number of anilines is 1. The lowest BCUT2D eigenvalue weighted by Gasteiger charge is -2.09. The minimum absolute atomic E-state index is 0.171. The summed E-state index contributed by atoms with van der Waals surface area (Å²) in [6.07, 6.45) is 0.171. The van der Waals surface area contributed by atoms with Crippen molar-refractivity contribution in [2.45, 2.75) is 6.42 Å². The summed E-state index contributed by atoms with van der Waals surface area (Å²) in [7, 11) is 0. The number of benzene rings is 4. The summed E-state index contributed by atoms with van der Waals surface area (Å²) < 4.78 is 5.26. The molecule has 2 N–H and O–H groups in total. The van der Waals surface area contributed by atoms with Gasteiger partial charge in [0.2, 0.25) is 5.91 Å². The van der Waals surface area contributed by atoms with Gasteiger partial charge in [-0.2, -0.15) is 0 Å². The quantitative estimate of drug-likeness (QED) is 0.332. The third kappa shape index (κ3) is 5.83. The first-order valence-corrected chi connectivity index (χ1v) is 10.5. The van der Waals surface area contributed by atoms with Crippen molar-refractivity contribution in [3.63, 3.8) is 0 Å². The van der Waals surface area contributed by atoms with Crippen molar-refractivity contribution in [1.29, 1.82) is 0 Å². The van der Waals surface area contributed by atoms with Crippen LogP contribution in [0.2, 0.25) is 0 Å². The van der Waals surface area contributed by atoms with Gasteiger partial charge in [0.05, 0.1) is 6.42 Å². The molecule has 2 amide bonds. The minimum atomic E-state index is -0.581. The molecule has 0 radical (unpaired) electrons. The lowest BCUT2D eigenvalue weighted by molar-refractivity contribution is -0.135. The van der Waals surface area contributed by atoms with Gasteiger partial charge in [0.15, 0.2) is 0 Å². The van der Waals surface area contributed by atoms with E-state index in [0.717, 1.165) is 16.3 Å². The molecule has 0 atom stereocenters. The van der Waals surface area contributed by atoms with Gasteiger partial charge in [0, 0.05) is 11.3 Å². The molecule has 6 nitrogen and oxygen atoms in total. The lowest BCUT2D eigenvalue weighted by Crippen LogP contribution is -2.32. The Balaban J connectivity index is 1.26. The molecule has 6 heteroatoms. The van der Waals surface area contributed by atoms with E-state index in [-0.39, 0.29) is 24.8 Å². The number of nitrogens with one attached hydrogen (secondary N) is 2. The fraction of sp³-hybridized carbons (Fsp3) is 0.0741. The Labute approximate surface area is 191 Å². The van der Waals surface area contributed by atoms with E-state index in [0.29, 0.717) is 17.0 Å². The number of hydrogen-bond acceptors (Lipinski definition) is 4. The third-order valence-electron chi connectivity index (χ3n) is 5.04. The number of carbonyl (C=O) groups is 3. The molecule has 0 saturated carbocycles. The molecule has 4 rings (SSSR count). The first-order valence-electron chi connectivity index (χ1n) is 10.5. The Bertz CT molecular complexity index is 1280. The van der Waals surface area contributed by atoms with Gasteiger partial charge in [-0.25, -0.2) is 4.79 Å². The molecule has 0 fully saturated rings. The molecule has 0 saturated heterocycles. The second-order valence-electron chi connectivity index (χ2n) is 7.41.